The van der Waals surface area contributed by atoms with Crippen LogP contribution in [-0.4, -0.2) is 45.3 Å². The van der Waals surface area contributed by atoms with Crippen molar-refractivity contribution in [1.29, 1.82) is 0 Å². The van der Waals surface area contributed by atoms with Crippen molar-refractivity contribution in [2.24, 2.45) is 11.7 Å². The zero-order chi connectivity index (χ0) is 10.8. The molecule has 0 aliphatic rings. The minimum Gasteiger partial charge on any atom is -0.383 e. The molecular formula is C11H26N2O. The van der Waals surface area contributed by atoms with E-state index in [0.29, 0.717) is 0 Å². The smallest absolute Gasteiger partial charge is 0.0589 e. The summed E-state index contributed by atoms with van der Waals surface area (Å²) >= 11 is 0. The number of methoxy groups -OCH3 is 1. The summed E-state index contributed by atoms with van der Waals surface area (Å²) < 4.78 is 5.02. The lowest BCUT2D eigenvalue weighted by Crippen LogP contribution is -2.24. The summed E-state index contributed by atoms with van der Waals surface area (Å²) in [6.45, 7) is 6.12. The van der Waals surface area contributed by atoms with Crippen LogP contribution < -0.4 is 5.73 Å². The Morgan fingerprint density at radius 2 is 2.00 bits per heavy atom. The summed E-state index contributed by atoms with van der Waals surface area (Å²) in [5.74, 6) is 0.774. The van der Waals surface area contributed by atoms with E-state index in [-0.39, 0.29) is 0 Å². The number of hydrogen-bond donors (Lipinski definition) is 1. The molecule has 3 heteroatoms. The highest BCUT2D eigenvalue weighted by molar-refractivity contribution is 4.57. The second-order valence-corrected chi connectivity index (χ2v) is 4.12. The van der Waals surface area contributed by atoms with E-state index >= 15 is 0 Å². The van der Waals surface area contributed by atoms with Crippen LogP contribution in [0.15, 0.2) is 0 Å². The van der Waals surface area contributed by atoms with Gasteiger partial charge in [-0.1, -0.05) is 6.92 Å². The van der Waals surface area contributed by atoms with Gasteiger partial charge in [0, 0.05) is 13.7 Å². The molecule has 0 aromatic rings. The third kappa shape index (κ3) is 8.48. The third-order valence-corrected chi connectivity index (χ3v) is 2.57. The van der Waals surface area contributed by atoms with Crippen LogP contribution in [0.1, 0.15) is 26.2 Å². The minimum atomic E-state index is 0.774. The Bertz CT molecular complexity index is 120. The normalized spacial score (nSPS) is 13.5. The van der Waals surface area contributed by atoms with E-state index in [1.165, 1.54) is 12.8 Å². The number of ether oxygens (including phenoxy) is 1. The molecule has 0 aromatic heterocycles. The van der Waals surface area contributed by atoms with Crippen molar-refractivity contribution in [2.45, 2.75) is 26.2 Å². The lowest BCUT2D eigenvalue weighted by molar-refractivity contribution is 0.159. The summed E-state index contributed by atoms with van der Waals surface area (Å²) in [5.41, 5.74) is 5.50. The van der Waals surface area contributed by atoms with Crippen molar-refractivity contribution in [3.8, 4) is 0 Å². The maximum absolute atomic E-state index is 5.50. The molecule has 0 aromatic carbocycles. The highest BCUT2D eigenvalue weighted by Crippen LogP contribution is 2.09. The van der Waals surface area contributed by atoms with Gasteiger partial charge in [0.05, 0.1) is 6.61 Å². The van der Waals surface area contributed by atoms with E-state index in [0.717, 1.165) is 38.6 Å². The largest absolute Gasteiger partial charge is 0.383 e. The average molecular weight is 202 g/mol. The molecule has 0 aliphatic heterocycles. The number of likely N-dealkylation sites (N-methyl/N-ethyl adjacent to an activating group) is 1. The molecule has 1 atom stereocenters. The molecule has 0 rings (SSSR count). The fraction of sp³-hybridized carbons (Fsp3) is 1.00. The van der Waals surface area contributed by atoms with Gasteiger partial charge in [-0.3, -0.25) is 0 Å². The molecule has 86 valence electrons. The quantitative estimate of drug-likeness (QED) is 0.613. The molecule has 0 amide bonds. The van der Waals surface area contributed by atoms with Crippen LogP contribution >= 0.6 is 0 Å². The van der Waals surface area contributed by atoms with E-state index in [2.05, 4.69) is 18.9 Å². The topological polar surface area (TPSA) is 38.5 Å². The van der Waals surface area contributed by atoms with Crippen molar-refractivity contribution in [3.05, 3.63) is 0 Å². The van der Waals surface area contributed by atoms with Crippen molar-refractivity contribution >= 4 is 0 Å². The predicted molar refractivity (Wildman–Crippen MR) is 61.4 cm³/mol. The third-order valence-electron chi connectivity index (χ3n) is 2.57. The van der Waals surface area contributed by atoms with Crippen LogP contribution in [0, 0.1) is 5.92 Å². The van der Waals surface area contributed by atoms with Gasteiger partial charge in [-0.15, -0.1) is 0 Å². The first-order chi connectivity index (χ1) is 6.70. The lowest BCUT2D eigenvalue weighted by atomic mass is 10.0. The van der Waals surface area contributed by atoms with Crippen LogP contribution in [0.5, 0.6) is 0 Å². The lowest BCUT2D eigenvalue weighted by Gasteiger charge is -2.17. The second kappa shape index (κ2) is 9.44. The molecule has 0 radical (unpaired) electrons. The monoisotopic (exact) mass is 202 g/mol. The molecule has 0 fully saturated rings. The molecule has 14 heavy (non-hydrogen) atoms. The summed E-state index contributed by atoms with van der Waals surface area (Å²) in [4.78, 5) is 2.32. The van der Waals surface area contributed by atoms with E-state index < -0.39 is 0 Å². The zero-order valence-corrected chi connectivity index (χ0v) is 9.96. The van der Waals surface area contributed by atoms with E-state index in [9.17, 15) is 0 Å². The molecule has 0 spiro atoms. The van der Waals surface area contributed by atoms with Gasteiger partial charge in [0.25, 0.3) is 0 Å². The van der Waals surface area contributed by atoms with E-state index in [1.807, 2.05) is 0 Å². The fourth-order valence-corrected chi connectivity index (χ4v) is 1.50. The zero-order valence-electron chi connectivity index (χ0n) is 9.96. The van der Waals surface area contributed by atoms with Crippen molar-refractivity contribution in [1.82, 2.24) is 4.90 Å². The standard InChI is InChI=1S/C11H26N2O/c1-11(6-7-12)5-4-8-13(2)9-10-14-3/h11H,4-10,12H2,1-3H3. The predicted octanol–water partition coefficient (Wildman–Crippen LogP) is 1.33. The maximum Gasteiger partial charge on any atom is 0.0589 e. The van der Waals surface area contributed by atoms with Gasteiger partial charge >= 0.3 is 0 Å². The van der Waals surface area contributed by atoms with Crippen LogP contribution in [0.2, 0.25) is 0 Å². The molecule has 1 unspecified atom stereocenters. The van der Waals surface area contributed by atoms with Crippen LogP contribution in [0.25, 0.3) is 0 Å². The Labute approximate surface area is 88.6 Å². The minimum absolute atomic E-state index is 0.774. The van der Waals surface area contributed by atoms with Crippen molar-refractivity contribution < 1.29 is 4.74 Å². The maximum atomic E-state index is 5.50. The Kier molecular flexibility index (Phi) is 9.35. The van der Waals surface area contributed by atoms with Crippen LogP contribution in [-0.2, 0) is 4.74 Å². The number of nitrogens with zero attached hydrogens (tertiary/aromatic N) is 1. The molecule has 0 saturated heterocycles. The van der Waals surface area contributed by atoms with E-state index in [1.54, 1.807) is 7.11 Å². The molecule has 0 bridgehead atoms. The Morgan fingerprint density at radius 1 is 1.29 bits per heavy atom. The van der Waals surface area contributed by atoms with Crippen molar-refractivity contribution in [3.63, 3.8) is 0 Å². The average Bonchev–Trinajstić information content (AvgIpc) is 2.15. The number of nitrogens with two attached hydrogens (primary N) is 1. The molecule has 2 N–H and O–H groups in total. The highest BCUT2D eigenvalue weighted by atomic mass is 16.5. The molecule has 0 heterocycles. The van der Waals surface area contributed by atoms with E-state index in [4.69, 9.17) is 10.5 Å². The molecule has 0 saturated carbocycles. The Morgan fingerprint density at radius 3 is 2.57 bits per heavy atom. The highest BCUT2D eigenvalue weighted by Gasteiger charge is 2.02. The van der Waals surface area contributed by atoms with Crippen molar-refractivity contribution in [2.75, 3.05) is 40.4 Å². The summed E-state index contributed by atoms with van der Waals surface area (Å²) in [5, 5.41) is 0. The summed E-state index contributed by atoms with van der Waals surface area (Å²) in [7, 11) is 3.89. The van der Waals surface area contributed by atoms with Gasteiger partial charge < -0.3 is 15.4 Å². The molecular weight excluding hydrogens is 176 g/mol. The number of hydrogen-bond acceptors (Lipinski definition) is 3. The second-order valence-electron chi connectivity index (χ2n) is 4.12. The Balaban J connectivity index is 3.25. The number of rotatable bonds is 9. The first-order valence-corrected chi connectivity index (χ1v) is 5.58. The van der Waals surface area contributed by atoms with Gasteiger partial charge in [0.1, 0.15) is 0 Å². The SMILES string of the molecule is COCCN(C)CCCC(C)CCN. The van der Waals surface area contributed by atoms with Gasteiger partial charge in [-0.2, -0.15) is 0 Å². The van der Waals surface area contributed by atoms with Crippen LogP contribution in [0.4, 0.5) is 0 Å². The molecule has 3 nitrogen and oxygen atoms in total. The van der Waals surface area contributed by atoms with Gasteiger partial charge in [-0.05, 0) is 45.3 Å². The Hall–Kier alpha value is -0.120. The van der Waals surface area contributed by atoms with Gasteiger partial charge in [0.2, 0.25) is 0 Å². The molecule has 0 aliphatic carbocycles. The fourth-order valence-electron chi connectivity index (χ4n) is 1.50. The van der Waals surface area contributed by atoms with Crippen LogP contribution in [0.3, 0.4) is 0 Å². The van der Waals surface area contributed by atoms with Gasteiger partial charge in [-0.25, -0.2) is 0 Å². The summed E-state index contributed by atoms with van der Waals surface area (Å²) in [6.07, 6.45) is 3.71. The first-order valence-electron chi connectivity index (χ1n) is 5.58. The summed E-state index contributed by atoms with van der Waals surface area (Å²) in [6, 6.07) is 0. The van der Waals surface area contributed by atoms with Gasteiger partial charge in [0.15, 0.2) is 0 Å². The first kappa shape index (κ1) is 13.9.